The molecule has 1 aliphatic carbocycles. The quantitative estimate of drug-likeness (QED) is 0.767. The number of rotatable bonds is 7. The molecule has 3 fully saturated rings. The molecule has 3 aliphatic rings. The van der Waals surface area contributed by atoms with Gasteiger partial charge in [-0.25, -0.2) is 0 Å². The molecular formula is C20H29NO3. The highest BCUT2D eigenvalue weighted by Crippen LogP contribution is 2.33. The van der Waals surface area contributed by atoms with Crippen LogP contribution >= 0.6 is 0 Å². The first-order chi connectivity index (χ1) is 11.8. The average molecular weight is 331 g/mol. The van der Waals surface area contributed by atoms with Crippen molar-refractivity contribution in [1.29, 1.82) is 0 Å². The molecular weight excluding hydrogens is 302 g/mol. The second kappa shape index (κ2) is 7.42. The largest absolute Gasteiger partial charge is 0.497 e. The lowest BCUT2D eigenvalue weighted by atomic mass is 9.99. The van der Waals surface area contributed by atoms with Gasteiger partial charge in [0, 0.05) is 25.7 Å². The lowest BCUT2D eigenvalue weighted by Crippen LogP contribution is -2.43. The zero-order valence-electron chi connectivity index (χ0n) is 14.7. The van der Waals surface area contributed by atoms with Gasteiger partial charge in [0.05, 0.1) is 25.9 Å². The normalized spacial score (nSPS) is 30.3. The highest BCUT2D eigenvalue weighted by Gasteiger charge is 2.39. The van der Waals surface area contributed by atoms with Crippen molar-refractivity contribution in [2.24, 2.45) is 5.92 Å². The molecule has 0 unspecified atom stereocenters. The van der Waals surface area contributed by atoms with Gasteiger partial charge in [-0.05, 0) is 55.7 Å². The minimum atomic E-state index is 0.311. The summed E-state index contributed by atoms with van der Waals surface area (Å²) in [5, 5.41) is 0. The number of likely N-dealkylation sites (tertiary alicyclic amines) is 1. The molecule has 24 heavy (non-hydrogen) atoms. The molecule has 2 aliphatic heterocycles. The van der Waals surface area contributed by atoms with Gasteiger partial charge in [0.15, 0.2) is 0 Å². The molecule has 3 atom stereocenters. The van der Waals surface area contributed by atoms with Crippen LogP contribution in [-0.2, 0) is 16.0 Å². The summed E-state index contributed by atoms with van der Waals surface area (Å²) in [5.41, 5.74) is 1.35. The molecule has 2 heterocycles. The lowest BCUT2D eigenvalue weighted by Gasteiger charge is -2.36. The maximum absolute atomic E-state index is 6.33. The van der Waals surface area contributed by atoms with Gasteiger partial charge >= 0.3 is 0 Å². The molecule has 4 rings (SSSR count). The van der Waals surface area contributed by atoms with E-state index >= 15 is 0 Å². The van der Waals surface area contributed by atoms with Crippen molar-refractivity contribution in [3.63, 3.8) is 0 Å². The summed E-state index contributed by atoms with van der Waals surface area (Å²) in [5.74, 6) is 1.76. The van der Waals surface area contributed by atoms with Crippen LogP contribution in [0.1, 0.15) is 37.7 Å². The minimum absolute atomic E-state index is 0.311. The van der Waals surface area contributed by atoms with E-state index in [1.54, 1.807) is 7.11 Å². The van der Waals surface area contributed by atoms with Gasteiger partial charge in [0.2, 0.25) is 0 Å². The SMILES string of the molecule is COc1ccc(CN2CC[C@@H]3O[C@H](COCC4CC4)CC[C@@H]32)cc1. The molecule has 132 valence electrons. The van der Waals surface area contributed by atoms with E-state index in [-0.39, 0.29) is 0 Å². The number of ether oxygens (including phenoxy) is 3. The van der Waals surface area contributed by atoms with E-state index < -0.39 is 0 Å². The maximum atomic E-state index is 6.33. The molecule has 0 amide bonds. The molecule has 0 bridgehead atoms. The van der Waals surface area contributed by atoms with Crippen molar-refractivity contribution in [2.45, 2.75) is 56.9 Å². The summed E-state index contributed by atoms with van der Waals surface area (Å²) in [4.78, 5) is 2.59. The van der Waals surface area contributed by atoms with Gasteiger partial charge in [-0.2, -0.15) is 0 Å². The first-order valence-electron chi connectivity index (χ1n) is 9.42. The summed E-state index contributed by atoms with van der Waals surface area (Å²) >= 11 is 0. The number of nitrogens with zero attached hydrogens (tertiary/aromatic N) is 1. The minimum Gasteiger partial charge on any atom is -0.497 e. The smallest absolute Gasteiger partial charge is 0.118 e. The Labute approximate surface area is 145 Å². The number of hydrogen-bond donors (Lipinski definition) is 0. The number of hydrogen-bond acceptors (Lipinski definition) is 4. The second-order valence-corrected chi connectivity index (χ2v) is 7.53. The highest BCUT2D eigenvalue weighted by atomic mass is 16.5. The second-order valence-electron chi connectivity index (χ2n) is 7.53. The van der Waals surface area contributed by atoms with Crippen LogP contribution in [0.15, 0.2) is 24.3 Å². The molecule has 2 saturated heterocycles. The summed E-state index contributed by atoms with van der Waals surface area (Å²) in [6.45, 7) is 3.88. The van der Waals surface area contributed by atoms with E-state index in [1.165, 1.54) is 24.8 Å². The standard InChI is InChI=1S/C20H29NO3/c1-22-17-6-4-15(5-7-17)12-21-11-10-20-19(21)9-8-18(24-20)14-23-13-16-2-3-16/h4-7,16,18-20H,2-3,8-14H2,1H3/t18-,19-,20-/m0/s1. The van der Waals surface area contributed by atoms with Crippen LogP contribution in [0.25, 0.3) is 0 Å². The summed E-state index contributed by atoms with van der Waals surface area (Å²) in [6.07, 6.45) is 6.94. The van der Waals surface area contributed by atoms with E-state index in [2.05, 4.69) is 17.0 Å². The van der Waals surface area contributed by atoms with Gasteiger partial charge in [-0.1, -0.05) is 12.1 Å². The third-order valence-corrected chi connectivity index (χ3v) is 5.65. The van der Waals surface area contributed by atoms with Crippen LogP contribution < -0.4 is 4.74 Å². The predicted octanol–water partition coefficient (Wildman–Crippen LogP) is 3.24. The van der Waals surface area contributed by atoms with Crippen molar-refractivity contribution in [2.75, 3.05) is 26.9 Å². The zero-order chi connectivity index (χ0) is 16.4. The third-order valence-electron chi connectivity index (χ3n) is 5.65. The third kappa shape index (κ3) is 3.93. The van der Waals surface area contributed by atoms with Crippen molar-refractivity contribution < 1.29 is 14.2 Å². The van der Waals surface area contributed by atoms with Crippen molar-refractivity contribution >= 4 is 0 Å². The number of methoxy groups -OCH3 is 1. The van der Waals surface area contributed by atoms with Crippen molar-refractivity contribution in [3.05, 3.63) is 29.8 Å². The van der Waals surface area contributed by atoms with Crippen molar-refractivity contribution in [3.8, 4) is 5.75 Å². The topological polar surface area (TPSA) is 30.9 Å². The monoisotopic (exact) mass is 331 g/mol. The Morgan fingerprint density at radius 3 is 2.62 bits per heavy atom. The molecule has 1 saturated carbocycles. The van der Waals surface area contributed by atoms with E-state index in [0.29, 0.717) is 18.2 Å². The Morgan fingerprint density at radius 1 is 1.04 bits per heavy atom. The van der Waals surface area contributed by atoms with Crippen LogP contribution in [0.4, 0.5) is 0 Å². The van der Waals surface area contributed by atoms with Crippen molar-refractivity contribution in [1.82, 2.24) is 4.90 Å². The number of fused-ring (bicyclic) bond motifs is 1. The Kier molecular flexibility index (Phi) is 5.06. The highest BCUT2D eigenvalue weighted by molar-refractivity contribution is 5.27. The van der Waals surface area contributed by atoms with E-state index in [1.807, 2.05) is 12.1 Å². The first-order valence-corrected chi connectivity index (χ1v) is 9.42. The van der Waals surface area contributed by atoms with Gasteiger partial charge in [-0.3, -0.25) is 4.90 Å². The van der Waals surface area contributed by atoms with Crippen LogP contribution in [0.2, 0.25) is 0 Å². The first kappa shape index (κ1) is 16.4. The fourth-order valence-electron chi connectivity index (χ4n) is 4.02. The average Bonchev–Trinajstić information content (AvgIpc) is 3.36. The fourth-order valence-corrected chi connectivity index (χ4v) is 4.02. The summed E-state index contributed by atoms with van der Waals surface area (Å²) in [7, 11) is 1.71. The number of benzene rings is 1. The van der Waals surface area contributed by atoms with Crippen LogP contribution in [0.3, 0.4) is 0 Å². The van der Waals surface area contributed by atoms with Gasteiger partial charge in [0.1, 0.15) is 5.75 Å². The Hall–Kier alpha value is -1.10. The molecule has 4 heteroatoms. The van der Waals surface area contributed by atoms with Crippen LogP contribution in [-0.4, -0.2) is 50.0 Å². The summed E-state index contributed by atoms with van der Waals surface area (Å²) < 4.78 is 17.4. The maximum Gasteiger partial charge on any atom is 0.118 e. The predicted molar refractivity (Wildman–Crippen MR) is 93.2 cm³/mol. The molecule has 0 radical (unpaired) electrons. The van der Waals surface area contributed by atoms with Crippen LogP contribution in [0.5, 0.6) is 5.75 Å². The van der Waals surface area contributed by atoms with Gasteiger partial charge in [-0.15, -0.1) is 0 Å². The molecule has 4 nitrogen and oxygen atoms in total. The molecule has 1 aromatic carbocycles. The Morgan fingerprint density at radius 2 is 1.88 bits per heavy atom. The Bertz CT molecular complexity index is 528. The lowest BCUT2D eigenvalue weighted by molar-refractivity contribution is -0.101. The summed E-state index contributed by atoms with van der Waals surface area (Å²) in [6, 6.07) is 9.02. The molecule has 0 aromatic heterocycles. The zero-order valence-corrected chi connectivity index (χ0v) is 14.7. The van der Waals surface area contributed by atoms with Gasteiger partial charge in [0.25, 0.3) is 0 Å². The fraction of sp³-hybridized carbons (Fsp3) is 0.700. The molecule has 1 aromatic rings. The molecule has 0 spiro atoms. The van der Waals surface area contributed by atoms with Crippen LogP contribution in [0, 0.1) is 5.92 Å². The van der Waals surface area contributed by atoms with Gasteiger partial charge < -0.3 is 14.2 Å². The van der Waals surface area contributed by atoms with E-state index in [9.17, 15) is 0 Å². The Balaban J connectivity index is 1.26. The molecule has 0 N–H and O–H groups in total. The van der Waals surface area contributed by atoms with E-state index in [4.69, 9.17) is 14.2 Å². The van der Waals surface area contributed by atoms with E-state index in [0.717, 1.165) is 50.8 Å².